The second-order valence-electron chi connectivity index (χ2n) is 4.71. The molecular formula is C13H17N3O3S. The second-order valence-corrected chi connectivity index (χ2v) is 6.33. The van der Waals surface area contributed by atoms with Crippen LogP contribution in [0.1, 0.15) is 22.5 Å². The molecule has 0 bridgehead atoms. The quantitative estimate of drug-likeness (QED) is 0.799. The number of aliphatic hydroxyl groups excluding tert-OH is 1. The van der Waals surface area contributed by atoms with Crippen LogP contribution in [0.15, 0.2) is 23.1 Å². The van der Waals surface area contributed by atoms with E-state index in [1.807, 2.05) is 26.0 Å². The van der Waals surface area contributed by atoms with Gasteiger partial charge in [0.05, 0.1) is 18.0 Å². The number of H-pyrrole nitrogens is 1. The van der Waals surface area contributed by atoms with E-state index in [2.05, 4.69) is 14.9 Å². The number of aryl methyl sites for hydroxylation is 3. The van der Waals surface area contributed by atoms with Gasteiger partial charge in [0, 0.05) is 0 Å². The highest BCUT2D eigenvalue weighted by Crippen LogP contribution is 2.23. The number of aliphatic hydroxyl groups is 1. The lowest BCUT2D eigenvalue weighted by Crippen LogP contribution is -2.16. The van der Waals surface area contributed by atoms with Crippen molar-refractivity contribution in [3.8, 4) is 0 Å². The first-order valence-electron chi connectivity index (χ1n) is 6.10. The van der Waals surface area contributed by atoms with Crippen LogP contribution in [0.4, 0.5) is 5.69 Å². The van der Waals surface area contributed by atoms with Gasteiger partial charge in [0.25, 0.3) is 10.0 Å². The third-order valence-electron chi connectivity index (χ3n) is 3.01. The molecule has 7 heteroatoms. The number of sulfonamides is 1. The first-order chi connectivity index (χ1) is 9.35. The molecule has 0 saturated carbocycles. The molecule has 0 radical (unpaired) electrons. The lowest BCUT2D eigenvalue weighted by molar-refractivity contribution is 0.273. The van der Waals surface area contributed by atoms with Crippen molar-refractivity contribution in [1.82, 2.24) is 10.2 Å². The van der Waals surface area contributed by atoms with E-state index in [0.717, 1.165) is 11.1 Å². The van der Waals surface area contributed by atoms with Crippen LogP contribution in [0.2, 0.25) is 0 Å². The fourth-order valence-corrected chi connectivity index (χ4v) is 3.55. The summed E-state index contributed by atoms with van der Waals surface area (Å²) in [7, 11) is -3.78. The largest absolute Gasteiger partial charge is 0.390 e. The molecule has 3 N–H and O–H groups in total. The molecule has 0 spiro atoms. The maximum Gasteiger partial charge on any atom is 0.265 e. The summed E-state index contributed by atoms with van der Waals surface area (Å²) in [5.74, 6) is 0. The minimum absolute atomic E-state index is 0.0000231. The van der Waals surface area contributed by atoms with E-state index in [9.17, 15) is 13.5 Å². The Morgan fingerprint density at radius 3 is 2.60 bits per heavy atom. The number of aromatic amines is 1. The van der Waals surface area contributed by atoms with E-state index >= 15 is 0 Å². The molecule has 20 heavy (non-hydrogen) atoms. The Labute approximate surface area is 117 Å². The fraction of sp³-hybridized carbons (Fsp3) is 0.308. The second kappa shape index (κ2) is 5.26. The van der Waals surface area contributed by atoms with Crippen LogP contribution in [0.5, 0.6) is 0 Å². The van der Waals surface area contributed by atoms with E-state index in [0.29, 0.717) is 11.4 Å². The number of anilines is 1. The van der Waals surface area contributed by atoms with Gasteiger partial charge in [0.1, 0.15) is 10.6 Å². The van der Waals surface area contributed by atoms with Crippen LogP contribution in [0, 0.1) is 20.8 Å². The van der Waals surface area contributed by atoms with Crippen molar-refractivity contribution in [2.24, 2.45) is 0 Å². The number of hydrogen-bond donors (Lipinski definition) is 3. The Kier molecular flexibility index (Phi) is 3.82. The van der Waals surface area contributed by atoms with Gasteiger partial charge >= 0.3 is 0 Å². The van der Waals surface area contributed by atoms with E-state index in [1.165, 1.54) is 0 Å². The van der Waals surface area contributed by atoms with Gasteiger partial charge in [-0.15, -0.1) is 0 Å². The number of nitrogens with zero attached hydrogens (tertiary/aromatic N) is 1. The lowest BCUT2D eigenvalue weighted by atomic mass is 10.1. The molecule has 0 aliphatic heterocycles. The van der Waals surface area contributed by atoms with Crippen molar-refractivity contribution >= 4 is 15.7 Å². The summed E-state index contributed by atoms with van der Waals surface area (Å²) >= 11 is 0. The minimum atomic E-state index is -3.78. The summed E-state index contributed by atoms with van der Waals surface area (Å²) < 4.78 is 27.4. The van der Waals surface area contributed by atoms with Crippen molar-refractivity contribution in [2.75, 3.05) is 4.72 Å². The van der Waals surface area contributed by atoms with Gasteiger partial charge in [-0.05, 0) is 32.4 Å². The lowest BCUT2D eigenvalue weighted by Gasteiger charge is -2.11. The first-order valence-corrected chi connectivity index (χ1v) is 7.58. The Morgan fingerprint density at radius 1 is 1.30 bits per heavy atom. The van der Waals surface area contributed by atoms with Crippen molar-refractivity contribution in [3.05, 3.63) is 40.7 Å². The normalized spacial score (nSPS) is 11.6. The van der Waals surface area contributed by atoms with Gasteiger partial charge < -0.3 is 5.11 Å². The van der Waals surface area contributed by atoms with Crippen LogP contribution in [0.25, 0.3) is 0 Å². The summed E-state index contributed by atoms with van der Waals surface area (Å²) in [4.78, 5) is -0.0000231. The highest BCUT2D eigenvalue weighted by Gasteiger charge is 2.24. The van der Waals surface area contributed by atoms with E-state index in [-0.39, 0.29) is 10.6 Å². The van der Waals surface area contributed by atoms with Crippen LogP contribution in [-0.4, -0.2) is 23.7 Å². The van der Waals surface area contributed by atoms with Crippen molar-refractivity contribution in [1.29, 1.82) is 0 Å². The molecule has 0 aliphatic rings. The fourth-order valence-electron chi connectivity index (χ4n) is 2.06. The first kappa shape index (κ1) is 14.5. The van der Waals surface area contributed by atoms with Crippen molar-refractivity contribution in [3.63, 3.8) is 0 Å². The molecule has 2 aromatic rings. The molecular weight excluding hydrogens is 278 g/mol. The van der Waals surface area contributed by atoms with Crippen LogP contribution in [-0.2, 0) is 16.6 Å². The number of nitrogens with one attached hydrogen (secondary N) is 2. The van der Waals surface area contributed by atoms with Gasteiger partial charge in [-0.25, -0.2) is 8.42 Å². The number of rotatable bonds is 4. The topological polar surface area (TPSA) is 95.1 Å². The number of benzene rings is 1. The van der Waals surface area contributed by atoms with Gasteiger partial charge in [-0.1, -0.05) is 17.7 Å². The summed E-state index contributed by atoms with van der Waals surface area (Å²) in [5.41, 5.74) is 2.91. The van der Waals surface area contributed by atoms with Gasteiger partial charge in [-0.2, -0.15) is 5.10 Å². The van der Waals surface area contributed by atoms with E-state index < -0.39 is 16.6 Å². The molecule has 0 amide bonds. The molecule has 0 saturated heterocycles. The van der Waals surface area contributed by atoms with Gasteiger partial charge in [0.15, 0.2) is 0 Å². The predicted molar refractivity (Wildman–Crippen MR) is 76.0 cm³/mol. The minimum Gasteiger partial charge on any atom is -0.390 e. The Hall–Kier alpha value is -1.86. The molecule has 2 rings (SSSR count). The third kappa shape index (κ3) is 2.68. The molecule has 6 nitrogen and oxygen atoms in total. The van der Waals surface area contributed by atoms with Crippen LogP contribution in [0.3, 0.4) is 0 Å². The van der Waals surface area contributed by atoms with Gasteiger partial charge in [0.2, 0.25) is 0 Å². The summed E-state index contributed by atoms with van der Waals surface area (Å²) in [5, 5.41) is 15.5. The standard InChI is InChI=1S/C13H17N3O3S/c1-8-4-5-11(9(2)6-8)16-20(18,19)13-10(3)14-15-12(13)7-17/h4-6,16-17H,7H2,1-3H3,(H,14,15). The average Bonchev–Trinajstić information content (AvgIpc) is 2.75. The van der Waals surface area contributed by atoms with Crippen molar-refractivity contribution in [2.45, 2.75) is 32.3 Å². The maximum absolute atomic E-state index is 12.4. The summed E-state index contributed by atoms with van der Waals surface area (Å²) in [6, 6.07) is 5.45. The zero-order valence-electron chi connectivity index (χ0n) is 11.6. The highest BCUT2D eigenvalue weighted by atomic mass is 32.2. The SMILES string of the molecule is Cc1ccc(NS(=O)(=O)c2c(CO)n[nH]c2C)c(C)c1. The average molecular weight is 295 g/mol. The monoisotopic (exact) mass is 295 g/mol. The zero-order valence-corrected chi connectivity index (χ0v) is 12.4. The maximum atomic E-state index is 12.4. The van der Waals surface area contributed by atoms with E-state index in [1.54, 1.807) is 13.0 Å². The molecule has 0 atom stereocenters. The van der Waals surface area contributed by atoms with Crippen LogP contribution >= 0.6 is 0 Å². The van der Waals surface area contributed by atoms with Crippen molar-refractivity contribution < 1.29 is 13.5 Å². The Morgan fingerprint density at radius 2 is 2.00 bits per heavy atom. The third-order valence-corrected chi connectivity index (χ3v) is 4.57. The molecule has 108 valence electrons. The highest BCUT2D eigenvalue weighted by molar-refractivity contribution is 7.92. The van der Waals surface area contributed by atoms with Crippen LogP contribution < -0.4 is 4.72 Å². The molecule has 0 fully saturated rings. The van der Waals surface area contributed by atoms with Gasteiger partial charge in [-0.3, -0.25) is 9.82 Å². The molecule has 1 heterocycles. The molecule has 0 aliphatic carbocycles. The van der Waals surface area contributed by atoms with E-state index in [4.69, 9.17) is 0 Å². The predicted octanol–water partition coefficient (Wildman–Crippen LogP) is 1.63. The number of hydrogen-bond acceptors (Lipinski definition) is 4. The molecule has 1 aromatic carbocycles. The smallest absolute Gasteiger partial charge is 0.265 e. The summed E-state index contributed by atoms with van der Waals surface area (Å²) in [6.45, 7) is 4.94. The molecule has 0 unspecified atom stereocenters. The Bertz CT molecular complexity index is 735. The number of aromatic nitrogens is 2. The molecule has 1 aromatic heterocycles. The zero-order chi connectivity index (χ0) is 14.9. The Balaban J connectivity index is 2.43. The summed E-state index contributed by atoms with van der Waals surface area (Å²) in [6.07, 6.45) is 0.